The van der Waals surface area contributed by atoms with E-state index in [-0.39, 0.29) is 5.92 Å². The molecule has 3 aliphatic rings. The molecule has 1 aliphatic carbocycles. The van der Waals surface area contributed by atoms with Crippen LogP contribution in [-0.2, 0) is 4.79 Å². The lowest BCUT2D eigenvalue weighted by molar-refractivity contribution is -0.138. The maximum atomic E-state index is 12.8. The van der Waals surface area contributed by atoms with E-state index in [2.05, 4.69) is 17.1 Å². The normalized spacial score (nSPS) is 36.9. The van der Waals surface area contributed by atoms with Crippen LogP contribution in [-0.4, -0.2) is 36.5 Å². The second kappa shape index (κ2) is 5.82. The summed E-state index contributed by atoms with van der Waals surface area (Å²) >= 11 is 0. The number of rotatable bonds is 2. The minimum absolute atomic E-state index is 0.240. The van der Waals surface area contributed by atoms with E-state index in [9.17, 15) is 4.79 Å². The number of nitrogens with one attached hydrogen (secondary N) is 1. The van der Waals surface area contributed by atoms with Crippen molar-refractivity contribution in [1.82, 2.24) is 10.2 Å². The maximum Gasteiger partial charge on any atom is 0.227 e. The zero-order chi connectivity index (χ0) is 13.2. The minimum Gasteiger partial charge on any atom is -0.339 e. The summed E-state index contributed by atoms with van der Waals surface area (Å²) in [5.41, 5.74) is 0. The Bertz CT molecular complexity index is 325. The van der Waals surface area contributed by atoms with E-state index in [1.165, 1.54) is 44.9 Å². The summed E-state index contributed by atoms with van der Waals surface area (Å²) in [4.78, 5) is 15.1. The molecule has 0 radical (unpaired) electrons. The quantitative estimate of drug-likeness (QED) is 0.830. The van der Waals surface area contributed by atoms with E-state index in [0.29, 0.717) is 17.9 Å². The highest BCUT2D eigenvalue weighted by atomic mass is 16.2. The van der Waals surface area contributed by atoms with Gasteiger partial charge in [0.1, 0.15) is 0 Å². The topological polar surface area (TPSA) is 32.3 Å². The lowest BCUT2D eigenvalue weighted by Crippen LogP contribution is -2.45. The molecule has 0 aromatic rings. The third-order valence-corrected chi connectivity index (χ3v) is 5.61. The van der Waals surface area contributed by atoms with Gasteiger partial charge in [-0.2, -0.15) is 0 Å². The summed E-state index contributed by atoms with van der Waals surface area (Å²) in [5.74, 6) is 2.00. The molecule has 19 heavy (non-hydrogen) atoms. The first kappa shape index (κ1) is 13.4. The number of carbonyl (C=O) groups excluding carboxylic acids is 1. The van der Waals surface area contributed by atoms with Gasteiger partial charge in [-0.25, -0.2) is 0 Å². The molecule has 3 atom stereocenters. The highest BCUT2D eigenvalue weighted by Gasteiger charge is 2.40. The van der Waals surface area contributed by atoms with E-state index in [1.54, 1.807) is 0 Å². The van der Waals surface area contributed by atoms with Crippen molar-refractivity contribution in [2.24, 2.45) is 17.8 Å². The predicted octanol–water partition coefficient (Wildman–Crippen LogP) is 2.41. The van der Waals surface area contributed by atoms with Crippen LogP contribution in [0.25, 0.3) is 0 Å². The highest BCUT2D eigenvalue weighted by Crippen LogP contribution is 2.35. The van der Waals surface area contributed by atoms with Crippen molar-refractivity contribution >= 4 is 5.91 Å². The average molecular weight is 264 g/mol. The lowest BCUT2D eigenvalue weighted by Gasteiger charge is -2.35. The molecule has 2 saturated heterocycles. The smallest absolute Gasteiger partial charge is 0.227 e. The number of hydrogen-bond acceptors (Lipinski definition) is 2. The van der Waals surface area contributed by atoms with Crippen molar-refractivity contribution in [1.29, 1.82) is 0 Å². The SMILES string of the molecule is C[C@@H]1CNC[C@H]1C(=O)N1CCCC1C1CCCCC1. The van der Waals surface area contributed by atoms with E-state index >= 15 is 0 Å². The van der Waals surface area contributed by atoms with E-state index < -0.39 is 0 Å². The van der Waals surface area contributed by atoms with Crippen LogP contribution in [0.2, 0.25) is 0 Å². The second-order valence-electron chi connectivity index (χ2n) is 6.88. The summed E-state index contributed by atoms with van der Waals surface area (Å²) in [6, 6.07) is 0.570. The van der Waals surface area contributed by atoms with Crippen molar-refractivity contribution in [2.45, 2.75) is 57.9 Å². The monoisotopic (exact) mass is 264 g/mol. The van der Waals surface area contributed by atoms with Crippen molar-refractivity contribution in [3.05, 3.63) is 0 Å². The van der Waals surface area contributed by atoms with Gasteiger partial charge in [-0.05, 0) is 44.1 Å². The van der Waals surface area contributed by atoms with Crippen molar-refractivity contribution in [3.63, 3.8) is 0 Å². The van der Waals surface area contributed by atoms with Gasteiger partial charge in [0.2, 0.25) is 5.91 Å². The number of likely N-dealkylation sites (tertiary alicyclic amines) is 1. The Balaban J connectivity index is 1.66. The Labute approximate surface area is 117 Å². The van der Waals surface area contributed by atoms with Gasteiger partial charge < -0.3 is 10.2 Å². The van der Waals surface area contributed by atoms with Crippen LogP contribution in [0.15, 0.2) is 0 Å². The molecule has 2 aliphatic heterocycles. The number of nitrogens with zero attached hydrogens (tertiary/aromatic N) is 1. The molecule has 0 bridgehead atoms. The molecule has 3 nitrogen and oxygen atoms in total. The van der Waals surface area contributed by atoms with Crippen molar-refractivity contribution in [2.75, 3.05) is 19.6 Å². The summed E-state index contributed by atoms with van der Waals surface area (Å²) < 4.78 is 0. The number of amides is 1. The minimum atomic E-state index is 0.240. The van der Waals surface area contributed by atoms with Crippen LogP contribution in [0.3, 0.4) is 0 Å². The van der Waals surface area contributed by atoms with Gasteiger partial charge in [0.25, 0.3) is 0 Å². The zero-order valence-electron chi connectivity index (χ0n) is 12.2. The molecule has 1 amide bonds. The Hall–Kier alpha value is -0.570. The van der Waals surface area contributed by atoms with E-state index in [0.717, 1.165) is 25.6 Å². The molecule has 3 heteroatoms. The highest BCUT2D eigenvalue weighted by molar-refractivity contribution is 5.80. The largest absolute Gasteiger partial charge is 0.339 e. The van der Waals surface area contributed by atoms with Gasteiger partial charge in [-0.15, -0.1) is 0 Å². The predicted molar refractivity (Wildman–Crippen MR) is 76.8 cm³/mol. The molecule has 2 heterocycles. The molecule has 108 valence electrons. The van der Waals surface area contributed by atoms with Crippen molar-refractivity contribution < 1.29 is 4.79 Å². The molecule has 3 fully saturated rings. The number of carbonyl (C=O) groups is 1. The third-order valence-electron chi connectivity index (χ3n) is 5.61. The third kappa shape index (κ3) is 2.67. The second-order valence-corrected chi connectivity index (χ2v) is 6.88. The van der Waals surface area contributed by atoms with Gasteiger partial charge in [-0.1, -0.05) is 26.2 Å². The molecular weight excluding hydrogens is 236 g/mol. The zero-order valence-corrected chi connectivity index (χ0v) is 12.2. The number of hydrogen-bond donors (Lipinski definition) is 1. The van der Waals surface area contributed by atoms with Crippen LogP contribution in [0.1, 0.15) is 51.9 Å². The first-order valence-corrected chi connectivity index (χ1v) is 8.28. The summed E-state index contributed by atoms with van der Waals surface area (Å²) in [6.07, 6.45) is 9.35. The fourth-order valence-electron chi connectivity index (χ4n) is 4.43. The summed E-state index contributed by atoms with van der Waals surface area (Å²) in [5, 5.41) is 3.37. The van der Waals surface area contributed by atoms with Gasteiger partial charge in [-0.3, -0.25) is 4.79 Å². The fourth-order valence-corrected chi connectivity index (χ4v) is 4.43. The van der Waals surface area contributed by atoms with Crippen LogP contribution >= 0.6 is 0 Å². The Morgan fingerprint density at radius 1 is 1.05 bits per heavy atom. The van der Waals surface area contributed by atoms with Gasteiger partial charge >= 0.3 is 0 Å². The molecule has 0 aromatic carbocycles. The molecule has 0 spiro atoms. The van der Waals surface area contributed by atoms with Crippen molar-refractivity contribution in [3.8, 4) is 0 Å². The Kier molecular flexibility index (Phi) is 4.11. The molecular formula is C16H28N2O. The standard InChI is InChI=1S/C16H28N2O/c1-12-10-17-11-14(12)16(19)18-9-5-8-15(18)13-6-3-2-4-7-13/h12-15,17H,2-11H2,1H3/t12-,14-,15?/m1/s1. The van der Waals surface area contributed by atoms with Crippen LogP contribution in [0, 0.1) is 17.8 Å². The average Bonchev–Trinajstić information content (AvgIpc) is 3.07. The van der Waals surface area contributed by atoms with E-state index in [1.807, 2.05) is 0 Å². The van der Waals surface area contributed by atoms with Gasteiger partial charge in [0.05, 0.1) is 5.92 Å². The molecule has 1 saturated carbocycles. The Morgan fingerprint density at radius 3 is 2.53 bits per heavy atom. The molecule has 0 aromatic heterocycles. The summed E-state index contributed by atoms with van der Waals surface area (Å²) in [6.45, 7) is 5.14. The lowest BCUT2D eigenvalue weighted by atomic mass is 9.82. The fraction of sp³-hybridized carbons (Fsp3) is 0.938. The first-order valence-electron chi connectivity index (χ1n) is 8.28. The van der Waals surface area contributed by atoms with E-state index in [4.69, 9.17) is 0 Å². The van der Waals surface area contributed by atoms with Crippen LogP contribution in [0.5, 0.6) is 0 Å². The Morgan fingerprint density at radius 2 is 1.84 bits per heavy atom. The van der Waals surface area contributed by atoms with Crippen LogP contribution < -0.4 is 5.32 Å². The molecule has 1 N–H and O–H groups in total. The molecule has 3 rings (SSSR count). The molecule has 1 unspecified atom stereocenters. The van der Waals surface area contributed by atoms with Gasteiger partial charge in [0.15, 0.2) is 0 Å². The van der Waals surface area contributed by atoms with Gasteiger partial charge in [0, 0.05) is 19.1 Å². The first-order chi connectivity index (χ1) is 9.27. The summed E-state index contributed by atoms with van der Waals surface area (Å²) in [7, 11) is 0. The maximum absolute atomic E-state index is 12.8. The van der Waals surface area contributed by atoms with Crippen LogP contribution in [0.4, 0.5) is 0 Å².